The van der Waals surface area contributed by atoms with Crippen LogP contribution in [0.25, 0.3) is 0 Å². The second kappa shape index (κ2) is 9.89. The first kappa shape index (κ1) is 25.9. The number of hydrogen-bond acceptors (Lipinski definition) is 2. The number of rotatable bonds is 8. The van der Waals surface area contributed by atoms with Gasteiger partial charge in [-0.15, -0.1) is 0 Å². The summed E-state index contributed by atoms with van der Waals surface area (Å²) < 4.78 is 7.32. The molecule has 1 N–H and O–H groups in total. The van der Waals surface area contributed by atoms with Gasteiger partial charge in [-0.1, -0.05) is 121 Å². The second-order valence-corrected chi connectivity index (χ2v) is 16.1. The van der Waals surface area contributed by atoms with Crippen molar-refractivity contribution in [1.29, 1.82) is 0 Å². The summed E-state index contributed by atoms with van der Waals surface area (Å²) in [6, 6.07) is 21.9. The summed E-state index contributed by atoms with van der Waals surface area (Å²) >= 11 is 0. The first-order valence-electron chi connectivity index (χ1n) is 12.5. The predicted molar refractivity (Wildman–Crippen MR) is 144 cm³/mol. The lowest BCUT2D eigenvalue weighted by atomic mass is 9.60. The third-order valence-corrected chi connectivity index (χ3v) is 14.0. The number of allylic oxidation sites excluding steroid dienone is 1. The van der Waals surface area contributed by atoms with Gasteiger partial charge in [0.05, 0.1) is 6.61 Å². The lowest BCUT2D eigenvalue weighted by molar-refractivity contribution is 0.0325. The zero-order valence-electron chi connectivity index (χ0n) is 21.8. The Morgan fingerprint density at radius 2 is 1.52 bits per heavy atom. The van der Waals surface area contributed by atoms with Crippen molar-refractivity contribution in [2.24, 2.45) is 22.7 Å². The van der Waals surface area contributed by atoms with Crippen LogP contribution < -0.4 is 10.4 Å². The predicted octanol–water partition coefficient (Wildman–Crippen LogP) is 6.19. The first-order chi connectivity index (χ1) is 15.5. The largest absolute Gasteiger partial charge is 0.407 e. The van der Waals surface area contributed by atoms with Gasteiger partial charge in [0, 0.05) is 6.61 Å². The minimum atomic E-state index is -2.52. The van der Waals surface area contributed by atoms with Crippen LogP contribution in [0.1, 0.15) is 61.3 Å². The van der Waals surface area contributed by atoms with Gasteiger partial charge in [-0.25, -0.2) is 0 Å². The van der Waals surface area contributed by atoms with Gasteiger partial charge in [-0.2, -0.15) is 0 Å². The zero-order valence-corrected chi connectivity index (χ0v) is 22.8. The van der Waals surface area contributed by atoms with E-state index in [1.807, 2.05) is 6.08 Å². The molecule has 0 bridgehead atoms. The zero-order chi connectivity index (χ0) is 24.3. The Balaban J connectivity index is 1.98. The number of aliphatic hydroxyl groups is 1. The summed E-state index contributed by atoms with van der Waals surface area (Å²) in [5.41, 5.74) is 0.315. The summed E-state index contributed by atoms with van der Waals surface area (Å²) in [7, 11) is -2.52. The van der Waals surface area contributed by atoms with Crippen molar-refractivity contribution >= 4 is 18.7 Å². The van der Waals surface area contributed by atoms with Gasteiger partial charge in [0.2, 0.25) is 0 Å². The van der Waals surface area contributed by atoms with Crippen molar-refractivity contribution in [2.75, 3.05) is 13.2 Å². The first-order valence-corrected chi connectivity index (χ1v) is 14.4. The highest BCUT2D eigenvalue weighted by Crippen LogP contribution is 2.60. The number of benzene rings is 2. The molecule has 2 nitrogen and oxygen atoms in total. The van der Waals surface area contributed by atoms with Gasteiger partial charge in [-0.3, -0.25) is 0 Å². The Morgan fingerprint density at radius 1 is 1.00 bits per heavy atom. The monoisotopic (exact) mass is 464 g/mol. The van der Waals surface area contributed by atoms with Gasteiger partial charge >= 0.3 is 0 Å². The standard InChI is InChI=1S/C30H44O2Si/c1-24(15-14-22-31)30(7)21-20-25(29(30,5)6)23-32-33(28(2,3)4,26-16-10-8-11-17-26)27-18-12-9-13-19-27/h8-19,24-25,31H,20-23H2,1-7H3/b15-14+/t24-,25-,30+/m0/s1. The highest BCUT2D eigenvalue weighted by atomic mass is 28.4. The summed E-state index contributed by atoms with van der Waals surface area (Å²) in [5.74, 6) is 0.909. The van der Waals surface area contributed by atoms with E-state index < -0.39 is 8.32 Å². The number of aliphatic hydroxyl groups excluding tert-OH is 1. The van der Waals surface area contributed by atoms with E-state index in [4.69, 9.17) is 4.43 Å². The van der Waals surface area contributed by atoms with E-state index in [1.165, 1.54) is 23.2 Å². The molecule has 0 aromatic heterocycles. The van der Waals surface area contributed by atoms with Gasteiger partial charge in [0.1, 0.15) is 0 Å². The average Bonchev–Trinajstić information content (AvgIpc) is 3.02. The highest BCUT2D eigenvalue weighted by molar-refractivity contribution is 6.99. The molecule has 3 rings (SSSR count). The Bertz CT molecular complexity index is 874. The average molecular weight is 465 g/mol. The molecule has 180 valence electrons. The maximum Gasteiger partial charge on any atom is 0.261 e. The minimum Gasteiger partial charge on any atom is -0.407 e. The van der Waals surface area contributed by atoms with Crippen molar-refractivity contribution < 1.29 is 9.53 Å². The van der Waals surface area contributed by atoms with Crippen LogP contribution in [-0.4, -0.2) is 26.6 Å². The van der Waals surface area contributed by atoms with Crippen molar-refractivity contribution in [1.82, 2.24) is 0 Å². The Morgan fingerprint density at radius 3 is 1.97 bits per heavy atom. The van der Waals surface area contributed by atoms with Crippen LogP contribution >= 0.6 is 0 Å². The van der Waals surface area contributed by atoms with Gasteiger partial charge in [0.15, 0.2) is 0 Å². The fraction of sp³-hybridized carbons (Fsp3) is 0.533. The van der Waals surface area contributed by atoms with Gasteiger partial charge in [0.25, 0.3) is 8.32 Å². The minimum absolute atomic E-state index is 0.00108. The molecule has 1 saturated carbocycles. The Labute approximate surface area is 203 Å². The second-order valence-electron chi connectivity index (χ2n) is 11.7. The Hall–Kier alpha value is -1.68. The molecule has 0 amide bonds. The molecule has 1 fully saturated rings. The highest BCUT2D eigenvalue weighted by Gasteiger charge is 2.55. The van der Waals surface area contributed by atoms with E-state index in [0.29, 0.717) is 11.8 Å². The molecule has 0 unspecified atom stereocenters. The van der Waals surface area contributed by atoms with Crippen molar-refractivity contribution in [3.8, 4) is 0 Å². The van der Waals surface area contributed by atoms with Crippen LogP contribution in [0.15, 0.2) is 72.8 Å². The fourth-order valence-electron chi connectivity index (χ4n) is 6.19. The van der Waals surface area contributed by atoms with E-state index in [1.54, 1.807) is 0 Å². The molecule has 3 atom stereocenters. The van der Waals surface area contributed by atoms with Crippen LogP contribution in [0.5, 0.6) is 0 Å². The summed E-state index contributed by atoms with van der Waals surface area (Å²) in [5, 5.41) is 12.0. The molecule has 33 heavy (non-hydrogen) atoms. The van der Waals surface area contributed by atoms with Crippen molar-refractivity contribution in [2.45, 2.75) is 66.3 Å². The molecule has 1 aliphatic rings. The summed E-state index contributed by atoms with van der Waals surface area (Å²) in [4.78, 5) is 0. The van der Waals surface area contributed by atoms with Crippen LogP contribution in [0.2, 0.25) is 5.04 Å². The van der Waals surface area contributed by atoms with E-state index in [2.05, 4.69) is 115 Å². The molecule has 0 radical (unpaired) electrons. The van der Waals surface area contributed by atoms with E-state index in [-0.39, 0.29) is 22.5 Å². The number of hydrogen-bond donors (Lipinski definition) is 1. The summed E-state index contributed by atoms with van der Waals surface area (Å²) in [6.07, 6.45) is 6.47. The van der Waals surface area contributed by atoms with E-state index in [9.17, 15) is 5.11 Å². The molecule has 0 saturated heterocycles. The third kappa shape index (κ3) is 4.65. The lowest BCUT2D eigenvalue weighted by Crippen LogP contribution is -2.67. The SMILES string of the molecule is C[C@@H](/C=C/CO)[C@@]1(C)CC[C@@H](CO[Si](c2ccccc2)(c2ccccc2)C(C)(C)C)C1(C)C. The van der Waals surface area contributed by atoms with Crippen molar-refractivity contribution in [3.63, 3.8) is 0 Å². The lowest BCUT2D eigenvalue weighted by Gasteiger charge is -2.47. The normalized spacial score (nSPS) is 24.3. The summed E-state index contributed by atoms with van der Waals surface area (Å²) in [6.45, 7) is 17.6. The quantitative estimate of drug-likeness (QED) is 0.373. The smallest absolute Gasteiger partial charge is 0.261 e. The molecular formula is C30H44O2Si. The molecule has 1 aliphatic carbocycles. The molecule has 3 heteroatoms. The van der Waals surface area contributed by atoms with Gasteiger partial charge < -0.3 is 9.53 Å². The topological polar surface area (TPSA) is 29.5 Å². The van der Waals surface area contributed by atoms with Crippen LogP contribution in [0.3, 0.4) is 0 Å². The molecular weight excluding hydrogens is 420 g/mol. The van der Waals surface area contributed by atoms with Crippen LogP contribution in [-0.2, 0) is 4.43 Å². The molecule has 0 spiro atoms. The van der Waals surface area contributed by atoms with Gasteiger partial charge in [-0.05, 0) is 50.9 Å². The fourth-order valence-corrected chi connectivity index (χ4v) is 10.8. The molecule has 0 aliphatic heterocycles. The third-order valence-electron chi connectivity index (χ3n) is 8.96. The molecule has 2 aromatic rings. The van der Waals surface area contributed by atoms with E-state index >= 15 is 0 Å². The van der Waals surface area contributed by atoms with Crippen LogP contribution in [0.4, 0.5) is 0 Å². The van der Waals surface area contributed by atoms with E-state index in [0.717, 1.165) is 6.61 Å². The van der Waals surface area contributed by atoms with Crippen LogP contribution in [0, 0.1) is 22.7 Å². The molecule has 0 heterocycles. The van der Waals surface area contributed by atoms with Crippen molar-refractivity contribution in [3.05, 3.63) is 72.8 Å². The Kier molecular flexibility index (Phi) is 7.78. The maximum absolute atomic E-state index is 9.29. The molecule has 2 aromatic carbocycles. The maximum atomic E-state index is 9.29.